The molecule has 2 aliphatic rings. The second-order valence-electron chi connectivity index (χ2n) is 4.22. The Kier molecular flexibility index (Phi) is 2.33. The Labute approximate surface area is 103 Å². The van der Waals surface area contributed by atoms with Crippen LogP contribution in [0.3, 0.4) is 0 Å². The molecule has 3 rings (SSSR count). The van der Waals surface area contributed by atoms with Crippen LogP contribution in [0.1, 0.15) is 22.3 Å². The quantitative estimate of drug-likeness (QED) is 0.564. The van der Waals surface area contributed by atoms with Gasteiger partial charge in [0.25, 0.3) is 0 Å². The van der Waals surface area contributed by atoms with Gasteiger partial charge in [0, 0.05) is 24.2 Å². The highest BCUT2D eigenvalue weighted by molar-refractivity contribution is 6.24. The third-order valence-corrected chi connectivity index (χ3v) is 3.35. The van der Waals surface area contributed by atoms with Crippen LogP contribution in [-0.4, -0.2) is 23.8 Å². The number of carbonyl (C=O) groups is 2. The van der Waals surface area contributed by atoms with Crippen LogP contribution in [0.5, 0.6) is 0 Å². The molecule has 0 spiro atoms. The van der Waals surface area contributed by atoms with Crippen molar-refractivity contribution < 1.29 is 14.3 Å². The third-order valence-electron chi connectivity index (χ3n) is 3.06. The normalized spacial score (nSPS) is 22.9. The Balaban J connectivity index is 1.97. The second kappa shape index (κ2) is 3.74. The molecule has 0 aliphatic carbocycles. The van der Waals surface area contributed by atoms with Gasteiger partial charge in [0.15, 0.2) is 0 Å². The second-order valence-corrected chi connectivity index (χ2v) is 4.84. The summed E-state index contributed by atoms with van der Waals surface area (Å²) in [6.07, 6.45) is 0.350. The first-order valence-electron chi connectivity index (χ1n) is 5.39. The Morgan fingerprint density at radius 3 is 2.88 bits per heavy atom. The van der Waals surface area contributed by atoms with E-state index in [1.165, 1.54) is 0 Å². The van der Waals surface area contributed by atoms with E-state index in [2.05, 4.69) is 0 Å². The topological polar surface area (TPSA) is 46.6 Å². The summed E-state index contributed by atoms with van der Waals surface area (Å²) < 4.78 is 4.92. The molecule has 1 saturated heterocycles. The van der Waals surface area contributed by atoms with Crippen molar-refractivity contribution in [2.24, 2.45) is 0 Å². The number of nitrogens with zero attached hydrogens (tertiary/aromatic N) is 1. The van der Waals surface area contributed by atoms with Gasteiger partial charge in [0.1, 0.15) is 6.61 Å². The van der Waals surface area contributed by atoms with Crippen molar-refractivity contribution in [3.05, 3.63) is 29.3 Å². The molecule has 0 saturated carbocycles. The Bertz CT molecular complexity index is 514. The number of fused-ring (bicyclic) bond motifs is 1. The zero-order chi connectivity index (χ0) is 12.0. The first-order valence-corrected chi connectivity index (χ1v) is 5.83. The molecule has 1 aromatic carbocycles. The Morgan fingerprint density at radius 2 is 2.18 bits per heavy atom. The smallest absolute Gasteiger partial charge is 0.338 e. The van der Waals surface area contributed by atoms with Crippen LogP contribution in [-0.2, 0) is 16.1 Å². The Hall–Kier alpha value is -1.55. The lowest BCUT2D eigenvalue weighted by Gasteiger charge is -2.16. The molecule has 17 heavy (non-hydrogen) atoms. The third kappa shape index (κ3) is 1.69. The minimum Gasteiger partial charge on any atom is -0.457 e. The van der Waals surface area contributed by atoms with Crippen LogP contribution >= 0.6 is 11.6 Å². The summed E-state index contributed by atoms with van der Waals surface area (Å²) in [5, 5.41) is -0.150. The highest BCUT2D eigenvalue weighted by Gasteiger charge is 2.30. The van der Waals surface area contributed by atoms with Crippen LogP contribution in [0.25, 0.3) is 0 Å². The molecule has 2 aliphatic heterocycles. The van der Waals surface area contributed by atoms with E-state index in [1.54, 1.807) is 11.0 Å². The lowest BCUT2D eigenvalue weighted by atomic mass is 10.1. The van der Waals surface area contributed by atoms with E-state index in [1.807, 2.05) is 12.1 Å². The van der Waals surface area contributed by atoms with Gasteiger partial charge in [-0.3, -0.25) is 4.79 Å². The predicted octanol–water partition coefficient (Wildman–Crippen LogP) is 1.70. The molecular weight excluding hydrogens is 242 g/mol. The molecule has 2 heterocycles. The lowest BCUT2D eigenvalue weighted by Crippen LogP contribution is -2.24. The Morgan fingerprint density at radius 1 is 1.35 bits per heavy atom. The van der Waals surface area contributed by atoms with Gasteiger partial charge in [-0.1, -0.05) is 6.07 Å². The van der Waals surface area contributed by atoms with Gasteiger partial charge < -0.3 is 9.64 Å². The van der Waals surface area contributed by atoms with E-state index in [0.29, 0.717) is 25.1 Å². The van der Waals surface area contributed by atoms with Crippen molar-refractivity contribution in [1.82, 2.24) is 0 Å². The number of anilines is 1. The first kappa shape index (κ1) is 10.6. The zero-order valence-corrected chi connectivity index (χ0v) is 9.74. The number of hydrogen-bond donors (Lipinski definition) is 0. The summed E-state index contributed by atoms with van der Waals surface area (Å²) in [6, 6.07) is 5.36. The molecule has 0 radical (unpaired) electrons. The zero-order valence-electron chi connectivity index (χ0n) is 8.98. The van der Waals surface area contributed by atoms with Crippen molar-refractivity contribution in [1.29, 1.82) is 0 Å². The van der Waals surface area contributed by atoms with E-state index in [0.717, 1.165) is 11.3 Å². The molecule has 0 bridgehead atoms. The maximum absolute atomic E-state index is 11.7. The summed E-state index contributed by atoms with van der Waals surface area (Å²) >= 11 is 5.94. The molecule has 1 amide bonds. The molecule has 1 fully saturated rings. The largest absolute Gasteiger partial charge is 0.457 e. The van der Waals surface area contributed by atoms with Crippen molar-refractivity contribution in [3.8, 4) is 0 Å². The summed E-state index contributed by atoms with van der Waals surface area (Å²) in [5.41, 5.74) is 2.14. The van der Waals surface area contributed by atoms with E-state index >= 15 is 0 Å². The number of alkyl halides is 1. The first-order chi connectivity index (χ1) is 8.15. The minimum absolute atomic E-state index is 0.00341. The molecule has 0 N–H and O–H groups in total. The van der Waals surface area contributed by atoms with Crippen LogP contribution in [0.2, 0.25) is 0 Å². The average Bonchev–Trinajstić information content (AvgIpc) is 2.83. The number of esters is 1. The standard InChI is InChI=1S/C12H10ClNO3/c13-8-3-11(15)14(5-8)9-2-1-7-6-17-12(16)10(7)4-9/h1-2,4,8H,3,5-6H2. The minimum atomic E-state index is -0.323. The number of hydrogen-bond acceptors (Lipinski definition) is 3. The average molecular weight is 252 g/mol. The SMILES string of the molecule is O=C1OCc2ccc(N3CC(Cl)CC3=O)cc21. The monoisotopic (exact) mass is 251 g/mol. The van der Waals surface area contributed by atoms with Gasteiger partial charge in [0.2, 0.25) is 5.91 Å². The number of ether oxygens (including phenoxy) is 1. The number of halogens is 1. The van der Waals surface area contributed by atoms with Crippen molar-refractivity contribution in [3.63, 3.8) is 0 Å². The fourth-order valence-corrected chi connectivity index (χ4v) is 2.45. The van der Waals surface area contributed by atoms with Crippen molar-refractivity contribution in [2.45, 2.75) is 18.4 Å². The van der Waals surface area contributed by atoms with Gasteiger partial charge in [-0.05, 0) is 12.1 Å². The maximum atomic E-state index is 11.7. The molecule has 88 valence electrons. The van der Waals surface area contributed by atoms with Crippen molar-refractivity contribution in [2.75, 3.05) is 11.4 Å². The molecule has 1 atom stereocenters. The van der Waals surface area contributed by atoms with E-state index in [-0.39, 0.29) is 17.3 Å². The van der Waals surface area contributed by atoms with Gasteiger partial charge >= 0.3 is 5.97 Å². The highest BCUT2D eigenvalue weighted by atomic mass is 35.5. The van der Waals surface area contributed by atoms with Gasteiger partial charge in [-0.25, -0.2) is 4.79 Å². The molecule has 5 heteroatoms. The summed E-state index contributed by atoms with van der Waals surface area (Å²) in [6.45, 7) is 0.814. The number of rotatable bonds is 1. The predicted molar refractivity (Wildman–Crippen MR) is 62.2 cm³/mol. The van der Waals surface area contributed by atoms with Gasteiger partial charge in [-0.2, -0.15) is 0 Å². The molecular formula is C12H10ClNO3. The van der Waals surface area contributed by atoms with Gasteiger partial charge in [0.05, 0.1) is 10.9 Å². The number of amides is 1. The van der Waals surface area contributed by atoms with Gasteiger partial charge in [-0.15, -0.1) is 11.6 Å². The summed E-state index contributed by atoms with van der Waals surface area (Å²) in [4.78, 5) is 24.7. The van der Waals surface area contributed by atoms with Crippen molar-refractivity contribution >= 4 is 29.2 Å². The maximum Gasteiger partial charge on any atom is 0.338 e. The highest BCUT2D eigenvalue weighted by Crippen LogP contribution is 2.29. The fourth-order valence-electron chi connectivity index (χ4n) is 2.18. The molecule has 0 aromatic heterocycles. The summed E-state index contributed by atoms with van der Waals surface area (Å²) in [7, 11) is 0. The number of benzene rings is 1. The molecule has 4 nitrogen and oxygen atoms in total. The summed E-state index contributed by atoms with van der Waals surface area (Å²) in [5.74, 6) is -0.327. The van der Waals surface area contributed by atoms with Crippen LogP contribution in [0.15, 0.2) is 18.2 Å². The van der Waals surface area contributed by atoms with Crippen LogP contribution in [0.4, 0.5) is 5.69 Å². The van der Waals surface area contributed by atoms with Crippen LogP contribution < -0.4 is 4.90 Å². The van der Waals surface area contributed by atoms with Crippen LogP contribution in [0, 0.1) is 0 Å². The number of cyclic esters (lactones) is 1. The van der Waals surface area contributed by atoms with E-state index in [4.69, 9.17) is 16.3 Å². The fraction of sp³-hybridized carbons (Fsp3) is 0.333. The molecule has 1 unspecified atom stereocenters. The van der Waals surface area contributed by atoms with E-state index < -0.39 is 0 Å². The number of carbonyl (C=O) groups excluding carboxylic acids is 2. The van der Waals surface area contributed by atoms with E-state index in [9.17, 15) is 9.59 Å². The lowest BCUT2D eigenvalue weighted by molar-refractivity contribution is -0.117. The molecule has 1 aromatic rings.